The lowest BCUT2D eigenvalue weighted by molar-refractivity contribution is -0.192. The van der Waals surface area contributed by atoms with Gasteiger partial charge in [0.25, 0.3) is 5.91 Å². The smallest absolute Gasteiger partial charge is 0.475 e. The minimum atomic E-state index is -5.08. The van der Waals surface area contributed by atoms with Gasteiger partial charge in [-0.3, -0.25) is 14.4 Å². The number of alkyl halides is 3. The Morgan fingerprint density at radius 3 is 2.42 bits per heavy atom. The number of thiophene rings is 1. The van der Waals surface area contributed by atoms with E-state index in [0.29, 0.717) is 0 Å². The molecule has 1 N–H and O–H groups in total. The van der Waals surface area contributed by atoms with Gasteiger partial charge < -0.3 is 10.0 Å². The van der Waals surface area contributed by atoms with Gasteiger partial charge in [0.15, 0.2) is 0 Å². The van der Waals surface area contributed by atoms with E-state index in [9.17, 15) is 18.0 Å². The van der Waals surface area contributed by atoms with Crippen molar-refractivity contribution in [3.05, 3.63) is 40.3 Å². The first-order valence-electron chi connectivity index (χ1n) is 9.95. The van der Waals surface area contributed by atoms with E-state index < -0.39 is 12.1 Å². The summed E-state index contributed by atoms with van der Waals surface area (Å²) in [5.74, 6) is -2.56. The zero-order valence-corrected chi connectivity index (χ0v) is 18.0. The molecule has 2 saturated heterocycles. The monoisotopic (exact) mass is 458 g/mol. The van der Waals surface area contributed by atoms with Crippen molar-refractivity contribution in [2.24, 2.45) is 7.05 Å². The van der Waals surface area contributed by atoms with Crippen molar-refractivity contribution in [1.29, 1.82) is 0 Å². The van der Waals surface area contributed by atoms with Crippen molar-refractivity contribution in [2.75, 3.05) is 19.6 Å². The van der Waals surface area contributed by atoms with Gasteiger partial charge in [-0.15, -0.1) is 0 Å². The van der Waals surface area contributed by atoms with E-state index in [0.717, 1.165) is 44.6 Å². The van der Waals surface area contributed by atoms with Gasteiger partial charge in [-0.1, -0.05) is 0 Å². The molecule has 2 aliphatic rings. The molecule has 0 aromatic carbocycles. The maximum Gasteiger partial charge on any atom is 0.490 e. The maximum atomic E-state index is 12.5. The number of likely N-dealkylation sites (tertiary alicyclic amines) is 2. The summed E-state index contributed by atoms with van der Waals surface area (Å²) in [7, 11) is 1.97. The molecule has 0 atom stereocenters. The number of amides is 1. The number of aryl methyl sites for hydroxylation is 1. The average Bonchev–Trinajstić information content (AvgIpc) is 3.45. The highest BCUT2D eigenvalue weighted by molar-refractivity contribution is 7.08. The second-order valence-electron chi connectivity index (χ2n) is 7.88. The Hall–Kier alpha value is -2.40. The van der Waals surface area contributed by atoms with Gasteiger partial charge in [-0.05, 0) is 43.7 Å². The Balaban J connectivity index is 0.000000339. The maximum absolute atomic E-state index is 12.5. The van der Waals surface area contributed by atoms with E-state index in [-0.39, 0.29) is 11.4 Å². The van der Waals surface area contributed by atoms with Crippen LogP contribution in [-0.2, 0) is 18.4 Å². The first kappa shape index (κ1) is 23.3. The quantitative estimate of drug-likeness (QED) is 0.763. The van der Waals surface area contributed by atoms with Crippen LogP contribution in [0.4, 0.5) is 13.2 Å². The molecule has 0 radical (unpaired) electrons. The van der Waals surface area contributed by atoms with E-state index in [4.69, 9.17) is 9.90 Å². The summed E-state index contributed by atoms with van der Waals surface area (Å²) in [6, 6.07) is 1.93. The third-order valence-corrected chi connectivity index (χ3v) is 6.55. The summed E-state index contributed by atoms with van der Waals surface area (Å²) >= 11 is 1.59. The number of carbonyl (C=O) groups excluding carboxylic acids is 1. The molecule has 4 rings (SSSR count). The number of carboxylic acid groups (broad SMARTS) is 1. The van der Waals surface area contributed by atoms with Crippen LogP contribution >= 0.6 is 11.3 Å². The summed E-state index contributed by atoms with van der Waals surface area (Å²) in [5.41, 5.74) is 2.41. The largest absolute Gasteiger partial charge is 0.490 e. The van der Waals surface area contributed by atoms with Crippen LogP contribution in [0.15, 0.2) is 29.2 Å². The second kappa shape index (κ2) is 9.39. The second-order valence-corrected chi connectivity index (χ2v) is 8.66. The fourth-order valence-electron chi connectivity index (χ4n) is 4.28. The first-order chi connectivity index (χ1) is 14.6. The SMILES string of the molecule is Cn1cc(CN2CCCC23CCN(C(=O)c2ccsc2)CC3)cn1.O=C(O)C(F)(F)F. The van der Waals surface area contributed by atoms with Crippen LogP contribution in [0.2, 0.25) is 0 Å². The van der Waals surface area contributed by atoms with Gasteiger partial charge in [-0.25, -0.2) is 4.79 Å². The fourth-order valence-corrected chi connectivity index (χ4v) is 4.91. The Bertz CT molecular complexity index is 890. The number of aromatic nitrogens is 2. The van der Waals surface area contributed by atoms with Gasteiger partial charge in [0.2, 0.25) is 0 Å². The standard InChI is InChI=1S/C18H24N4OS.C2HF3O2/c1-20-12-15(11-19-20)13-22-7-2-4-18(22)5-8-21(9-6-18)17(23)16-3-10-24-14-16;3-2(4,5)1(6)7/h3,10-12,14H,2,4-9,13H2,1H3;(H,6,7). The lowest BCUT2D eigenvalue weighted by Gasteiger charge is -2.45. The Morgan fingerprint density at radius 1 is 1.23 bits per heavy atom. The Kier molecular flexibility index (Phi) is 7.05. The molecule has 2 aromatic rings. The summed E-state index contributed by atoms with van der Waals surface area (Å²) in [6.45, 7) is 3.89. The van der Waals surface area contributed by atoms with E-state index in [1.165, 1.54) is 18.4 Å². The third-order valence-electron chi connectivity index (χ3n) is 5.86. The van der Waals surface area contributed by atoms with Crippen LogP contribution in [0.1, 0.15) is 41.6 Å². The number of hydrogen-bond donors (Lipinski definition) is 1. The van der Waals surface area contributed by atoms with Crippen LogP contribution in [0.5, 0.6) is 0 Å². The molecule has 170 valence electrons. The Morgan fingerprint density at radius 2 is 1.90 bits per heavy atom. The molecule has 0 saturated carbocycles. The van der Waals surface area contributed by atoms with Gasteiger partial charge in [0, 0.05) is 49.4 Å². The van der Waals surface area contributed by atoms with Gasteiger partial charge in [0.1, 0.15) is 0 Å². The number of aliphatic carboxylic acids is 1. The molecule has 2 aromatic heterocycles. The van der Waals surface area contributed by atoms with Crippen molar-refractivity contribution >= 4 is 23.2 Å². The van der Waals surface area contributed by atoms with Crippen LogP contribution < -0.4 is 0 Å². The molecule has 0 unspecified atom stereocenters. The van der Waals surface area contributed by atoms with Crippen LogP contribution in [0, 0.1) is 0 Å². The van der Waals surface area contributed by atoms with E-state index in [1.54, 1.807) is 11.3 Å². The topological polar surface area (TPSA) is 78.7 Å². The minimum Gasteiger partial charge on any atom is -0.475 e. The van der Waals surface area contributed by atoms with Gasteiger partial charge >= 0.3 is 12.1 Å². The van der Waals surface area contributed by atoms with Crippen molar-refractivity contribution in [3.8, 4) is 0 Å². The molecule has 2 aliphatic heterocycles. The predicted octanol–water partition coefficient (Wildman–Crippen LogP) is 3.39. The summed E-state index contributed by atoms with van der Waals surface area (Å²) in [6.07, 6.45) is 3.70. The molecule has 0 bridgehead atoms. The van der Waals surface area contributed by atoms with Crippen LogP contribution in [-0.4, -0.2) is 67.9 Å². The number of halogens is 3. The molecule has 0 aliphatic carbocycles. The zero-order valence-electron chi connectivity index (χ0n) is 17.1. The zero-order chi connectivity index (χ0) is 22.6. The van der Waals surface area contributed by atoms with E-state index in [2.05, 4.69) is 16.2 Å². The molecule has 1 amide bonds. The molecule has 11 heteroatoms. The summed E-state index contributed by atoms with van der Waals surface area (Å²) < 4.78 is 33.6. The normalized spacial score (nSPS) is 18.6. The highest BCUT2D eigenvalue weighted by atomic mass is 32.1. The van der Waals surface area contributed by atoms with E-state index >= 15 is 0 Å². The average molecular weight is 459 g/mol. The third kappa shape index (κ3) is 5.65. The Labute approximate surface area is 182 Å². The first-order valence-corrected chi connectivity index (χ1v) is 10.9. The number of hydrogen-bond acceptors (Lipinski definition) is 5. The molecule has 31 heavy (non-hydrogen) atoms. The molecule has 4 heterocycles. The van der Waals surface area contributed by atoms with Crippen molar-refractivity contribution < 1.29 is 27.9 Å². The minimum absolute atomic E-state index is 0.197. The van der Waals surface area contributed by atoms with Gasteiger partial charge in [0.05, 0.1) is 11.8 Å². The van der Waals surface area contributed by atoms with Crippen LogP contribution in [0.3, 0.4) is 0 Å². The lowest BCUT2D eigenvalue weighted by Crippen LogP contribution is -2.52. The lowest BCUT2D eigenvalue weighted by atomic mass is 9.84. The van der Waals surface area contributed by atoms with Crippen molar-refractivity contribution in [1.82, 2.24) is 19.6 Å². The molecule has 2 fully saturated rings. The highest BCUT2D eigenvalue weighted by Gasteiger charge is 2.43. The number of carboxylic acids is 1. The molecular formula is C20H25F3N4O3S. The van der Waals surface area contributed by atoms with Crippen LogP contribution in [0.25, 0.3) is 0 Å². The van der Waals surface area contributed by atoms with Crippen molar-refractivity contribution in [2.45, 2.75) is 43.9 Å². The molecular weight excluding hydrogens is 433 g/mol. The number of carbonyl (C=O) groups is 2. The molecule has 7 nitrogen and oxygen atoms in total. The number of rotatable bonds is 3. The van der Waals surface area contributed by atoms with E-state index in [1.807, 2.05) is 39.7 Å². The highest BCUT2D eigenvalue weighted by Crippen LogP contribution is 2.39. The van der Waals surface area contributed by atoms with Crippen molar-refractivity contribution in [3.63, 3.8) is 0 Å². The molecule has 1 spiro atoms. The predicted molar refractivity (Wildman–Crippen MR) is 109 cm³/mol. The number of piperidine rings is 1. The van der Waals surface area contributed by atoms with Gasteiger partial charge in [-0.2, -0.15) is 29.6 Å². The number of nitrogens with zero attached hydrogens (tertiary/aromatic N) is 4. The summed E-state index contributed by atoms with van der Waals surface area (Å²) in [5, 5.41) is 15.4. The summed E-state index contributed by atoms with van der Waals surface area (Å²) in [4.78, 5) is 26.1. The fraction of sp³-hybridized carbons (Fsp3) is 0.550.